The lowest BCUT2D eigenvalue weighted by Crippen LogP contribution is -2.39. The lowest BCUT2D eigenvalue weighted by Gasteiger charge is -2.18. The van der Waals surface area contributed by atoms with Crippen LogP contribution in [0, 0.1) is 0 Å². The smallest absolute Gasteiger partial charge is 0.252 e. The number of fused-ring (bicyclic) bond motifs is 1. The number of aromatic amines is 1. The zero-order valence-electron chi connectivity index (χ0n) is 19.7. The number of sulfonamides is 1. The van der Waals surface area contributed by atoms with Gasteiger partial charge in [-0.25, -0.2) is 13.1 Å². The number of aliphatic hydroxyl groups is 1. The monoisotopic (exact) mass is 527 g/mol. The van der Waals surface area contributed by atoms with Crippen molar-refractivity contribution < 1.29 is 23.1 Å². The van der Waals surface area contributed by atoms with E-state index in [1.807, 2.05) is 30.5 Å². The summed E-state index contributed by atoms with van der Waals surface area (Å²) in [5.41, 5.74) is 3.33. The van der Waals surface area contributed by atoms with Crippen LogP contribution >= 0.6 is 11.6 Å². The second kappa shape index (κ2) is 10.7. The first-order valence-electron chi connectivity index (χ1n) is 11.2. The van der Waals surface area contributed by atoms with Gasteiger partial charge in [-0.15, -0.1) is 0 Å². The van der Waals surface area contributed by atoms with Gasteiger partial charge in [0.25, 0.3) is 5.91 Å². The lowest BCUT2D eigenvalue weighted by atomic mass is 10.0. The van der Waals surface area contributed by atoms with Crippen LogP contribution in [0.2, 0.25) is 5.02 Å². The number of benzene rings is 3. The van der Waals surface area contributed by atoms with Gasteiger partial charge in [0, 0.05) is 30.2 Å². The minimum Gasteiger partial charge on any atom is -0.495 e. The van der Waals surface area contributed by atoms with E-state index in [1.165, 1.54) is 20.2 Å². The Morgan fingerprint density at radius 1 is 1.11 bits per heavy atom. The molecule has 36 heavy (non-hydrogen) atoms. The molecular formula is C26H26ClN3O5S. The number of carbonyl (C=O) groups excluding carboxylic acids is 1. The van der Waals surface area contributed by atoms with E-state index in [0.29, 0.717) is 16.7 Å². The van der Waals surface area contributed by atoms with Gasteiger partial charge in [-0.2, -0.15) is 0 Å². The number of methoxy groups -OCH3 is 1. The van der Waals surface area contributed by atoms with Gasteiger partial charge in [-0.1, -0.05) is 41.9 Å². The molecule has 1 aromatic heterocycles. The summed E-state index contributed by atoms with van der Waals surface area (Å²) in [5.74, 6) is -0.165. The van der Waals surface area contributed by atoms with Crippen molar-refractivity contribution in [2.75, 3.05) is 20.8 Å². The third kappa shape index (κ3) is 5.24. The highest BCUT2D eigenvalue weighted by atomic mass is 35.5. The number of halogens is 1. The molecule has 1 heterocycles. The number of amides is 1. The van der Waals surface area contributed by atoms with E-state index in [-0.39, 0.29) is 28.0 Å². The van der Waals surface area contributed by atoms with E-state index < -0.39 is 22.7 Å². The molecule has 0 aliphatic carbocycles. The zero-order chi connectivity index (χ0) is 25.9. The molecule has 0 aliphatic heterocycles. The highest BCUT2D eigenvalue weighted by Crippen LogP contribution is 2.32. The highest BCUT2D eigenvalue weighted by molar-refractivity contribution is 7.89. The molecule has 0 bridgehead atoms. The summed E-state index contributed by atoms with van der Waals surface area (Å²) in [6, 6.07) is 16.5. The van der Waals surface area contributed by atoms with Gasteiger partial charge >= 0.3 is 0 Å². The lowest BCUT2D eigenvalue weighted by molar-refractivity contribution is 0.0963. The van der Waals surface area contributed by atoms with Crippen LogP contribution in [0.5, 0.6) is 5.75 Å². The van der Waals surface area contributed by atoms with Gasteiger partial charge in [0.1, 0.15) is 10.6 Å². The average molecular weight is 528 g/mol. The Morgan fingerprint density at radius 2 is 1.83 bits per heavy atom. The molecule has 10 heteroatoms. The largest absolute Gasteiger partial charge is 0.495 e. The van der Waals surface area contributed by atoms with Crippen LogP contribution < -0.4 is 14.8 Å². The maximum atomic E-state index is 13.4. The Bertz CT molecular complexity index is 1520. The standard InChI is InChI=1S/C26H26ClN3O5S/c1-28-26(32)21-9-7-16(12-22(21)27)17-8-10-24(35-2)25(13-17)36(33,34)30-19(15-31)11-18-14-29-23-6-4-3-5-20(18)23/h3-10,12-14,19,29-31H,11,15H2,1-2H3,(H,28,32)/t19-/m1/s1. The Labute approximate surface area is 214 Å². The molecule has 0 fully saturated rings. The fraction of sp³-hybridized carbons (Fsp3) is 0.192. The molecular weight excluding hydrogens is 502 g/mol. The quantitative estimate of drug-likeness (QED) is 0.264. The van der Waals surface area contributed by atoms with E-state index in [2.05, 4.69) is 15.0 Å². The van der Waals surface area contributed by atoms with Crippen LogP contribution in [-0.4, -0.2) is 51.2 Å². The number of para-hydroxylation sites is 1. The fourth-order valence-electron chi connectivity index (χ4n) is 4.07. The number of ether oxygens (including phenoxy) is 1. The van der Waals surface area contributed by atoms with E-state index in [0.717, 1.165) is 16.5 Å². The van der Waals surface area contributed by atoms with Crippen LogP contribution in [0.3, 0.4) is 0 Å². The Morgan fingerprint density at radius 3 is 2.53 bits per heavy atom. The first kappa shape index (κ1) is 25.7. The highest BCUT2D eigenvalue weighted by Gasteiger charge is 2.25. The van der Waals surface area contributed by atoms with Crippen molar-refractivity contribution in [3.05, 3.63) is 83.0 Å². The maximum Gasteiger partial charge on any atom is 0.252 e. The van der Waals surface area contributed by atoms with Crippen LogP contribution in [0.1, 0.15) is 15.9 Å². The molecule has 188 valence electrons. The van der Waals surface area contributed by atoms with E-state index >= 15 is 0 Å². The molecule has 0 unspecified atom stereocenters. The maximum absolute atomic E-state index is 13.4. The fourth-order valence-corrected chi connectivity index (χ4v) is 5.76. The van der Waals surface area contributed by atoms with Crippen molar-refractivity contribution in [1.82, 2.24) is 15.0 Å². The molecule has 1 amide bonds. The average Bonchev–Trinajstić information content (AvgIpc) is 3.30. The van der Waals surface area contributed by atoms with Crippen molar-refractivity contribution in [3.63, 3.8) is 0 Å². The molecule has 4 aromatic rings. The molecule has 1 atom stereocenters. The number of hydrogen-bond donors (Lipinski definition) is 4. The van der Waals surface area contributed by atoms with Gasteiger partial charge in [-0.3, -0.25) is 4.79 Å². The Balaban J connectivity index is 1.64. The number of aliphatic hydroxyl groups excluding tert-OH is 1. The van der Waals surface area contributed by atoms with Crippen LogP contribution in [0.15, 0.2) is 71.8 Å². The third-order valence-electron chi connectivity index (χ3n) is 5.91. The van der Waals surface area contributed by atoms with Gasteiger partial charge in [0.05, 0.1) is 24.3 Å². The summed E-state index contributed by atoms with van der Waals surface area (Å²) in [6.07, 6.45) is 2.10. The normalized spacial score (nSPS) is 12.4. The molecule has 8 nitrogen and oxygen atoms in total. The second-order valence-corrected chi connectivity index (χ2v) is 10.3. The van der Waals surface area contributed by atoms with Gasteiger partial charge in [-0.05, 0) is 53.4 Å². The predicted molar refractivity (Wildman–Crippen MR) is 140 cm³/mol. The topological polar surface area (TPSA) is 121 Å². The number of H-pyrrole nitrogens is 1. The first-order valence-corrected chi connectivity index (χ1v) is 13.0. The van der Waals surface area contributed by atoms with Crippen molar-refractivity contribution in [1.29, 1.82) is 0 Å². The molecule has 3 aromatic carbocycles. The molecule has 4 rings (SSSR count). The summed E-state index contributed by atoms with van der Waals surface area (Å²) >= 11 is 6.29. The predicted octanol–water partition coefficient (Wildman–Crippen LogP) is 3.74. The second-order valence-electron chi connectivity index (χ2n) is 8.20. The van der Waals surface area contributed by atoms with Crippen molar-refractivity contribution >= 4 is 38.4 Å². The number of nitrogens with one attached hydrogen (secondary N) is 3. The number of hydrogen-bond acceptors (Lipinski definition) is 5. The summed E-state index contributed by atoms with van der Waals surface area (Å²) in [7, 11) is -1.18. The summed E-state index contributed by atoms with van der Waals surface area (Å²) < 4.78 is 34.8. The summed E-state index contributed by atoms with van der Waals surface area (Å²) in [5, 5.41) is 13.7. The first-order chi connectivity index (χ1) is 17.3. The van der Waals surface area contributed by atoms with Crippen molar-refractivity contribution in [2.24, 2.45) is 0 Å². The Kier molecular flexibility index (Phi) is 7.65. The van der Waals surface area contributed by atoms with Crippen molar-refractivity contribution in [3.8, 4) is 16.9 Å². The molecule has 0 saturated heterocycles. The summed E-state index contributed by atoms with van der Waals surface area (Å²) in [4.78, 5) is 15.0. The molecule has 0 saturated carbocycles. The molecule has 4 N–H and O–H groups in total. The minimum atomic E-state index is -4.08. The van der Waals surface area contributed by atoms with Crippen LogP contribution in [0.4, 0.5) is 0 Å². The number of rotatable bonds is 9. The van der Waals surface area contributed by atoms with Gasteiger partial charge in [0.2, 0.25) is 10.0 Å². The van der Waals surface area contributed by atoms with E-state index in [9.17, 15) is 18.3 Å². The molecule has 0 spiro atoms. The minimum absolute atomic E-state index is 0.0774. The summed E-state index contributed by atoms with van der Waals surface area (Å²) in [6.45, 7) is -0.392. The van der Waals surface area contributed by atoms with Crippen LogP contribution in [0.25, 0.3) is 22.0 Å². The van der Waals surface area contributed by atoms with E-state index in [1.54, 1.807) is 30.3 Å². The van der Waals surface area contributed by atoms with Gasteiger partial charge < -0.3 is 20.1 Å². The molecule has 0 aliphatic rings. The number of carbonyl (C=O) groups is 1. The third-order valence-corrected chi connectivity index (χ3v) is 7.77. The zero-order valence-corrected chi connectivity index (χ0v) is 21.3. The van der Waals surface area contributed by atoms with Crippen molar-refractivity contribution in [2.45, 2.75) is 17.4 Å². The SMILES string of the molecule is CNC(=O)c1ccc(-c2ccc(OC)c(S(=O)(=O)N[C@@H](CO)Cc3c[nH]c4ccccc34)c2)cc1Cl. The van der Waals surface area contributed by atoms with E-state index in [4.69, 9.17) is 16.3 Å². The van der Waals surface area contributed by atoms with Gasteiger partial charge in [0.15, 0.2) is 0 Å². The molecule has 0 radical (unpaired) electrons. The van der Waals surface area contributed by atoms with Crippen LogP contribution in [-0.2, 0) is 16.4 Å². The Hall–Kier alpha value is -3.37. The number of aromatic nitrogens is 1.